The number of hydrogen-bond donors (Lipinski definition) is 1. The molecular weight excluding hydrogens is 224 g/mol. The first-order chi connectivity index (χ1) is 8.92. The van der Waals surface area contributed by atoms with Gasteiger partial charge in [0.05, 0.1) is 6.61 Å². The Balaban J connectivity index is 1.69. The largest absolute Gasteiger partial charge is 0.380 e. The molecule has 3 nitrogen and oxygen atoms in total. The molecule has 0 aromatic heterocycles. The Morgan fingerprint density at radius 2 is 2.11 bits per heavy atom. The summed E-state index contributed by atoms with van der Waals surface area (Å²) in [5, 5.41) is 3.68. The predicted molar refractivity (Wildman–Crippen MR) is 76.0 cm³/mol. The Kier molecular flexibility index (Phi) is 6.46. The van der Waals surface area contributed by atoms with Crippen molar-refractivity contribution in [2.75, 3.05) is 32.8 Å². The summed E-state index contributed by atoms with van der Waals surface area (Å²) in [5.74, 6) is 0. The lowest BCUT2D eigenvalue weighted by Crippen LogP contribution is -2.51. The number of piperidine rings is 1. The molecule has 3 heteroatoms. The Hall–Kier alpha value is -0.120. The monoisotopic (exact) mass is 254 g/mol. The van der Waals surface area contributed by atoms with Crippen LogP contribution < -0.4 is 5.32 Å². The van der Waals surface area contributed by atoms with Crippen molar-refractivity contribution in [2.24, 2.45) is 0 Å². The second-order valence-corrected chi connectivity index (χ2v) is 5.77. The molecule has 1 N–H and O–H groups in total. The molecule has 0 saturated carbocycles. The molecule has 2 atom stereocenters. The van der Waals surface area contributed by atoms with Crippen molar-refractivity contribution in [1.82, 2.24) is 10.2 Å². The molecule has 0 amide bonds. The molecule has 2 rings (SSSR count). The molecule has 2 aliphatic rings. The Bertz CT molecular complexity index is 217. The number of hydrogen-bond acceptors (Lipinski definition) is 3. The van der Waals surface area contributed by atoms with E-state index >= 15 is 0 Å². The zero-order valence-electron chi connectivity index (χ0n) is 12.0. The van der Waals surface area contributed by atoms with E-state index in [1.807, 2.05) is 0 Å². The molecule has 2 unspecified atom stereocenters. The molecule has 2 saturated heterocycles. The fraction of sp³-hybridized carbons (Fsp3) is 1.00. The maximum absolute atomic E-state index is 5.73. The fourth-order valence-electron chi connectivity index (χ4n) is 3.32. The minimum atomic E-state index is 0.751. The highest BCUT2D eigenvalue weighted by molar-refractivity contribution is 4.90. The number of nitrogens with one attached hydrogen (secondary N) is 1. The van der Waals surface area contributed by atoms with Gasteiger partial charge in [-0.05, 0) is 45.2 Å². The minimum Gasteiger partial charge on any atom is -0.380 e. The van der Waals surface area contributed by atoms with Crippen molar-refractivity contribution >= 4 is 0 Å². The Morgan fingerprint density at radius 3 is 2.89 bits per heavy atom. The summed E-state index contributed by atoms with van der Waals surface area (Å²) >= 11 is 0. The third-order valence-corrected chi connectivity index (χ3v) is 4.39. The minimum absolute atomic E-state index is 0.751. The van der Waals surface area contributed by atoms with E-state index in [1.165, 1.54) is 58.0 Å². The van der Waals surface area contributed by atoms with Crippen molar-refractivity contribution in [3.05, 3.63) is 0 Å². The van der Waals surface area contributed by atoms with Crippen molar-refractivity contribution in [3.63, 3.8) is 0 Å². The van der Waals surface area contributed by atoms with Crippen LogP contribution in [0.2, 0.25) is 0 Å². The quantitative estimate of drug-likeness (QED) is 0.706. The lowest BCUT2D eigenvalue weighted by molar-refractivity contribution is 0.0599. The second-order valence-electron chi connectivity index (χ2n) is 5.77. The van der Waals surface area contributed by atoms with Gasteiger partial charge in [0.15, 0.2) is 0 Å². The van der Waals surface area contributed by atoms with Gasteiger partial charge in [0.1, 0.15) is 0 Å². The molecule has 0 aromatic carbocycles. The second kappa shape index (κ2) is 8.13. The van der Waals surface area contributed by atoms with Crippen LogP contribution in [0.1, 0.15) is 51.9 Å². The zero-order chi connectivity index (χ0) is 12.6. The van der Waals surface area contributed by atoms with Crippen LogP contribution in [-0.2, 0) is 4.74 Å². The summed E-state index contributed by atoms with van der Waals surface area (Å²) in [6.07, 6.45) is 9.34. The summed E-state index contributed by atoms with van der Waals surface area (Å²) in [5.41, 5.74) is 0. The van der Waals surface area contributed by atoms with E-state index in [-0.39, 0.29) is 0 Å². The van der Waals surface area contributed by atoms with Gasteiger partial charge < -0.3 is 10.1 Å². The molecule has 0 aliphatic carbocycles. The van der Waals surface area contributed by atoms with Crippen molar-refractivity contribution in [1.29, 1.82) is 0 Å². The van der Waals surface area contributed by atoms with E-state index in [9.17, 15) is 0 Å². The van der Waals surface area contributed by atoms with E-state index in [4.69, 9.17) is 4.74 Å². The number of rotatable bonds is 7. The van der Waals surface area contributed by atoms with E-state index in [2.05, 4.69) is 17.1 Å². The average Bonchev–Trinajstić information content (AvgIpc) is 2.93. The van der Waals surface area contributed by atoms with E-state index in [0.29, 0.717) is 0 Å². The molecular formula is C15H30N2O. The Morgan fingerprint density at radius 1 is 1.17 bits per heavy atom. The van der Waals surface area contributed by atoms with Crippen LogP contribution in [0.15, 0.2) is 0 Å². The highest BCUT2D eigenvalue weighted by atomic mass is 16.5. The van der Waals surface area contributed by atoms with Crippen LogP contribution in [-0.4, -0.2) is 49.8 Å². The molecule has 0 aromatic rings. The molecule has 2 aliphatic heterocycles. The first kappa shape index (κ1) is 14.3. The summed E-state index contributed by atoms with van der Waals surface area (Å²) in [7, 11) is 0. The highest BCUT2D eigenvalue weighted by Crippen LogP contribution is 2.23. The highest BCUT2D eigenvalue weighted by Gasteiger charge is 2.30. The summed E-state index contributed by atoms with van der Waals surface area (Å²) in [4.78, 5) is 2.68. The zero-order valence-corrected chi connectivity index (χ0v) is 12.0. The number of ether oxygens (including phenoxy) is 1. The first-order valence-electron chi connectivity index (χ1n) is 7.97. The van der Waals surface area contributed by atoms with Gasteiger partial charge >= 0.3 is 0 Å². The van der Waals surface area contributed by atoms with Crippen LogP contribution in [0.25, 0.3) is 0 Å². The third kappa shape index (κ3) is 4.22. The number of unbranched alkanes of at least 4 members (excludes halogenated alkanes) is 1. The fourth-order valence-corrected chi connectivity index (χ4v) is 3.32. The number of nitrogens with zero attached hydrogens (tertiary/aromatic N) is 1. The SMILES string of the molecule is CCCCOCCN1CCCCC1C1CCCN1. The van der Waals surface area contributed by atoms with Gasteiger partial charge in [0.2, 0.25) is 0 Å². The molecule has 2 heterocycles. The maximum atomic E-state index is 5.73. The first-order valence-corrected chi connectivity index (χ1v) is 7.97. The van der Waals surface area contributed by atoms with E-state index in [0.717, 1.165) is 31.8 Å². The summed E-state index contributed by atoms with van der Waals surface area (Å²) in [6, 6.07) is 1.52. The van der Waals surface area contributed by atoms with Crippen LogP contribution in [0.4, 0.5) is 0 Å². The molecule has 18 heavy (non-hydrogen) atoms. The lowest BCUT2D eigenvalue weighted by Gasteiger charge is -2.39. The molecule has 0 radical (unpaired) electrons. The van der Waals surface area contributed by atoms with Gasteiger partial charge in [-0.25, -0.2) is 0 Å². The Labute approximate surface area is 112 Å². The van der Waals surface area contributed by atoms with Gasteiger partial charge in [-0.3, -0.25) is 4.90 Å². The van der Waals surface area contributed by atoms with Gasteiger partial charge in [-0.2, -0.15) is 0 Å². The standard InChI is InChI=1S/C15H30N2O/c1-2-3-12-18-13-11-17-10-5-4-8-15(17)14-7-6-9-16-14/h14-16H,2-13H2,1H3. The smallest absolute Gasteiger partial charge is 0.0593 e. The van der Waals surface area contributed by atoms with Crippen molar-refractivity contribution in [2.45, 2.75) is 64.0 Å². The summed E-state index contributed by atoms with van der Waals surface area (Å²) in [6.45, 7) is 7.71. The van der Waals surface area contributed by atoms with E-state index in [1.54, 1.807) is 0 Å². The number of likely N-dealkylation sites (tertiary alicyclic amines) is 1. The van der Waals surface area contributed by atoms with Crippen LogP contribution in [0, 0.1) is 0 Å². The molecule has 0 bridgehead atoms. The van der Waals surface area contributed by atoms with Gasteiger partial charge in [0, 0.05) is 25.2 Å². The van der Waals surface area contributed by atoms with Crippen LogP contribution in [0.5, 0.6) is 0 Å². The van der Waals surface area contributed by atoms with Gasteiger partial charge in [-0.15, -0.1) is 0 Å². The molecule has 0 spiro atoms. The third-order valence-electron chi connectivity index (χ3n) is 4.39. The topological polar surface area (TPSA) is 24.5 Å². The normalized spacial score (nSPS) is 29.8. The average molecular weight is 254 g/mol. The van der Waals surface area contributed by atoms with Gasteiger partial charge in [-0.1, -0.05) is 19.8 Å². The van der Waals surface area contributed by atoms with Crippen LogP contribution >= 0.6 is 0 Å². The van der Waals surface area contributed by atoms with Crippen molar-refractivity contribution < 1.29 is 4.74 Å². The molecule has 106 valence electrons. The van der Waals surface area contributed by atoms with Gasteiger partial charge in [0.25, 0.3) is 0 Å². The maximum Gasteiger partial charge on any atom is 0.0593 e. The van der Waals surface area contributed by atoms with Crippen LogP contribution in [0.3, 0.4) is 0 Å². The predicted octanol–water partition coefficient (Wildman–Crippen LogP) is 2.41. The van der Waals surface area contributed by atoms with Crippen molar-refractivity contribution in [3.8, 4) is 0 Å². The molecule has 2 fully saturated rings. The summed E-state index contributed by atoms with van der Waals surface area (Å²) < 4.78 is 5.73. The van der Waals surface area contributed by atoms with E-state index < -0.39 is 0 Å². The lowest BCUT2D eigenvalue weighted by atomic mass is 9.94.